The second-order valence-electron chi connectivity index (χ2n) is 4.03. The number of ether oxygens (including phenoxy) is 2. The van der Waals surface area contributed by atoms with Gasteiger partial charge < -0.3 is 14.6 Å². The van der Waals surface area contributed by atoms with Crippen molar-refractivity contribution in [1.29, 1.82) is 5.26 Å². The molecule has 5 nitrogen and oxygen atoms in total. The Morgan fingerprint density at radius 2 is 1.90 bits per heavy atom. The Morgan fingerprint density at radius 1 is 1.19 bits per heavy atom. The van der Waals surface area contributed by atoms with Crippen LogP contribution in [0.1, 0.15) is 15.9 Å². The summed E-state index contributed by atoms with van der Waals surface area (Å²) in [5.41, 5.74) is 0.448. The first-order chi connectivity index (χ1) is 10.0. The van der Waals surface area contributed by atoms with E-state index < -0.39 is 5.97 Å². The Bertz CT molecular complexity index is 737. The average Bonchev–Trinajstić information content (AvgIpc) is 2.49. The molecule has 0 amide bonds. The molecule has 0 saturated carbocycles. The molecule has 0 bridgehead atoms. The van der Waals surface area contributed by atoms with Gasteiger partial charge in [-0.15, -0.1) is 0 Å². The zero-order valence-corrected chi connectivity index (χ0v) is 12.5. The van der Waals surface area contributed by atoms with E-state index in [1.165, 1.54) is 19.2 Å². The molecule has 0 unspecified atom stereocenters. The van der Waals surface area contributed by atoms with E-state index in [9.17, 15) is 9.90 Å². The Hall–Kier alpha value is -2.52. The monoisotopic (exact) mass is 347 g/mol. The third kappa shape index (κ3) is 3.33. The fraction of sp³-hybridized carbons (Fsp3) is 0.0667. The summed E-state index contributed by atoms with van der Waals surface area (Å²) in [6.07, 6.45) is 0. The molecule has 0 atom stereocenters. The molecule has 0 fully saturated rings. The molecular weight excluding hydrogens is 338 g/mol. The number of carbonyl (C=O) groups is 1. The summed E-state index contributed by atoms with van der Waals surface area (Å²) in [6.45, 7) is 0. The van der Waals surface area contributed by atoms with E-state index in [-0.39, 0.29) is 11.3 Å². The summed E-state index contributed by atoms with van der Waals surface area (Å²) < 4.78 is 11.4. The highest BCUT2D eigenvalue weighted by molar-refractivity contribution is 9.10. The summed E-state index contributed by atoms with van der Waals surface area (Å²) in [6, 6.07) is 11.3. The van der Waals surface area contributed by atoms with Gasteiger partial charge in [0.25, 0.3) is 0 Å². The van der Waals surface area contributed by atoms with Crippen molar-refractivity contribution in [3.05, 3.63) is 52.0 Å². The van der Waals surface area contributed by atoms with Gasteiger partial charge in [-0.3, -0.25) is 0 Å². The lowest BCUT2D eigenvalue weighted by Gasteiger charge is -2.12. The molecule has 0 radical (unpaired) electrons. The third-order valence-electron chi connectivity index (χ3n) is 2.68. The molecule has 0 aliphatic carbocycles. The standard InChI is InChI=1S/C15H10BrNO4/c1-20-14-6-9(8-17)2-4-13(14)21-12-5-3-10(16)7-11(12)15(18)19/h2-7H,1H3,(H,18,19). The van der Waals surface area contributed by atoms with E-state index in [0.29, 0.717) is 21.5 Å². The van der Waals surface area contributed by atoms with Crippen molar-refractivity contribution >= 4 is 21.9 Å². The topological polar surface area (TPSA) is 79.5 Å². The van der Waals surface area contributed by atoms with Crippen molar-refractivity contribution in [2.24, 2.45) is 0 Å². The number of nitriles is 1. The largest absolute Gasteiger partial charge is 0.493 e. The van der Waals surface area contributed by atoms with Crippen LogP contribution in [0.2, 0.25) is 0 Å². The number of hydrogen-bond donors (Lipinski definition) is 1. The number of rotatable bonds is 4. The van der Waals surface area contributed by atoms with Crippen molar-refractivity contribution in [1.82, 2.24) is 0 Å². The van der Waals surface area contributed by atoms with Crippen LogP contribution in [0.3, 0.4) is 0 Å². The van der Waals surface area contributed by atoms with E-state index in [0.717, 1.165) is 0 Å². The van der Waals surface area contributed by atoms with Gasteiger partial charge in [-0.1, -0.05) is 15.9 Å². The molecule has 6 heteroatoms. The maximum Gasteiger partial charge on any atom is 0.339 e. The smallest absolute Gasteiger partial charge is 0.339 e. The lowest BCUT2D eigenvalue weighted by atomic mass is 10.2. The fourth-order valence-corrected chi connectivity index (χ4v) is 2.06. The number of benzene rings is 2. The first-order valence-corrected chi connectivity index (χ1v) is 6.63. The number of carboxylic acid groups (broad SMARTS) is 1. The molecule has 0 saturated heterocycles. The second-order valence-corrected chi connectivity index (χ2v) is 4.94. The lowest BCUT2D eigenvalue weighted by Crippen LogP contribution is -2.00. The van der Waals surface area contributed by atoms with Gasteiger partial charge in [0, 0.05) is 10.5 Å². The van der Waals surface area contributed by atoms with Crippen LogP contribution in [0.5, 0.6) is 17.2 Å². The number of nitrogens with zero attached hydrogens (tertiary/aromatic N) is 1. The number of carboxylic acids is 1. The van der Waals surface area contributed by atoms with Gasteiger partial charge >= 0.3 is 5.97 Å². The van der Waals surface area contributed by atoms with Crippen LogP contribution in [-0.2, 0) is 0 Å². The quantitative estimate of drug-likeness (QED) is 0.909. The van der Waals surface area contributed by atoms with Gasteiger partial charge in [0.1, 0.15) is 11.3 Å². The molecule has 2 rings (SSSR count). The maximum absolute atomic E-state index is 11.2. The van der Waals surface area contributed by atoms with Crippen LogP contribution in [-0.4, -0.2) is 18.2 Å². The fourth-order valence-electron chi connectivity index (χ4n) is 1.70. The van der Waals surface area contributed by atoms with Gasteiger partial charge in [-0.25, -0.2) is 4.79 Å². The summed E-state index contributed by atoms with van der Waals surface area (Å²) in [4.78, 5) is 11.2. The Labute approximate surface area is 129 Å². The zero-order chi connectivity index (χ0) is 15.4. The minimum Gasteiger partial charge on any atom is -0.493 e. The zero-order valence-electron chi connectivity index (χ0n) is 11.0. The maximum atomic E-state index is 11.2. The van der Waals surface area contributed by atoms with Crippen LogP contribution in [0.25, 0.3) is 0 Å². The Kier molecular flexibility index (Phi) is 4.45. The second kappa shape index (κ2) is 6.29. The molecule has 0 spiro atoms. The predicted molar refractivity (Wildman–Crippen MR) is 78.9 cm³/mol. The molecular formula is C15H10BrNO4. The lowest BCUT2D eigenvalue weighted by molar-refractivity contribution is 0.0694. The molecule has 0 aromatic heterocycles. The van der Waals surface area contributed by atoms with Crippen molar-refractivity contribution < 1.29 is 19.4 Å². The van der Waals surface area contributed by atoms with Crippen LogP contribution in [0.15, 0.2) is 40.9 Å². The van der Waals surface area contributed by atoms with E-state index in [1.54, 1.807) is 24.3 Å². The van der Waals surface area contributed by atoms with Gasteiger partial charge in [0.15, 0.2) is 11.5 Å². The highest BCUT2D eigenvalue weighted by Gasteiger charge is 2.15. The Morgan fingerprint density at radius 3 is 2.52 bits per heavy atom. The average molecular weight is 348 g/mol. The molecule has 106 valence electrons. The van der Waals surface area contributed by atoms with Gasteiger partial charge in [0.05, 0.1) is 18.7 Å². The number of aromatic carboxylic acids is 1. The minimum absolute atomic E-state index is 0.0239. The normalized spacial score (nSPS) is 9.76. The molecule has 21 heavy (non-hydrogen) atoms. The number of halogens is 1. The highest BCUT2D eigenvalue weighted by Crippen LogP contribution is 2.34. The first-order valence-electron chi connectivity index (χ1n) is 5.84. The number of hydrogen-bond acceptors (Lipinski definition) is 4. The SMILES string of the molecule is COc1cc(C#N)ccc1Oc1ccc(Br)cc1C(=O)O. The van der Waals surface area contributed by atoms with E-state index in [4.69, 9.17) is 14.7 Å². The first kappa shape index (κ1) is 14.9. The predicted octanol–water partition coefficient (Wildman–Crippen LogP) is 3.82. The molecule has 2 aromatic rings. The van der Waals surface area contributed by atoms with Crippen LogP contribution >= 0.6 is 15.9 Å². The van der Waals surface area contributed by atoms with E-state index >= 15 is 0 Å². The third-order valence-corrected chi connectivity index (χ3v) is 3.18. The minimum atomic E-state index is -1.10. The molecule has 0 heterocycles. The van der Waals surface area contributed by atoms with Gasteiger partial charge in [0.2, 0.25) is 0 Å². The van der Waals surface area contributed by atoms with Crippen LogP contribution < -0.4 is 9.47 Å². The van der Waals surface area contributed by atoms with Gasteiger partial charge in [-0.2, -0.15) is 5.26 Å². The molecule has 1 N–H and O–H groups in total. The number of methoxy groups -OCH3 is 1. The summed E-state index contributed by atoms with van der Waals surface area (Å²) in [7, 11) is 1.45. The van der Waals surface area contributed by atoms with Crippen molar-refractivity contribution in [2.45, 2.75) is 0 Å². The van der Waals surface area contributed by atoms with Crippen LogP contribution in [0, 0.1) is 11.3 Å². The Balaban J connectivity index is 2.43. The van der Waals surface area contributed by atoms with Crippen LogP contribution in [0.4, 0.5) is 0 Å². The van der Waals surface area contributed by atoms with Crippen molar-refractivity contribution in [3.8, 4) is 23.3 Å². The summed E-state index contributed by atoms with van der Waals surface area (Å²) in [5.74, 6) is -0.220. The van der Waals surface area contributed by atoms with E-state index in [2.05, 4.69) is 15.9 Å². The molecule has 2 aromatic carbocycles. The molecule has 0 aliphatic rings. The molecule has 0 aliphatic heterocycles. The van der Waals surface area contributed by atoms with E-state index in [1.807, 2.05) is 6.07 Å². The summed E-state index contributed by atoms with van der Waals surface area (Å²) in [5, 5.41) is 18.1. The van der Waals surface area contributed by atoms with Gasteiger partial charge in [-0.05, 0) is 30.3 Å². The highest BCUT2D eigenvalue weighted by atomic mass is 79.9. The van der Waals surface area contributed by atoms with Crippen molar-refractivity contribution in [2.75, 3.05) is 7.11 Å². The summed E-state index contributed by atoms with van der Waals surface area (Å²) >= 11 is 3.22. The van der Waals surface area contributed by atoms with Crippen molar-refractivity contribution in [3.63, 3.8) is 0 Å².